The van der Waals surface area contributed by atoms with Crippen LogP contribution in [0.2, 0.25) is 0 Å². The first-order valence-corrected chi connectivity index (χ1v) is 5.99. The van der Waals surface area contributed by atoms with E-state index in [2.05, 4.69) is 15.3 Å². The second-order valence-electron chi connectivity index (χ2n) is 4.65. The Hall–Kier alpha value is -1.92. The van der Waals surface area contributed by atoms with Crippen LogP contribution in [0, 0.1) is 11.7 Å². The maximum atomic E-state index is 13.8. The van der Waals surface area contributed by atoms with Crippen molar-refractivity contribution in [2.24, 2.45) is 5.92 Å². The summed E-state index contributed by atoms with van der Waals surface area (Å²) in [6.07, 6.45) is 2.76. The molecule has 2 unspecified atom stereocenters. The summed E-state index contributed by atoms with van der Waals surface area (Å²) in [6, 6.07) is -0.0324. The number of nitrogens with zero attached hydrogens (tertiary/aromatic N) is 3. The van der Waals surface area contributed by atoms with Crippen LogP contribution in [-0.2, 0) is 4.79 Å². The van der Waals surface area contributed by atoms with Crippen molar-refractivity contribution in [2.45, 2.75) is 18.9 Å². The first kappa shape index (κ1) is 11.2. The van der Waals surface area contributed by atoms with Crippen molar-refractivity contribution in [3.63, 3.8) is 0 Å². The Morgan fingerprint density at radius 3 is 3.22 bits per heavy atom. The maximum Gasteiger partial charge on any atom is 0.225 e. The fourth-order valence-electron chi connectivity index (χ4n) is 2.79. The van der Waals surface area contributed by atoms with Crippen molar-refractivity contribution in [3.8, 4) is 0 Å². The van der Waals surface area contributed by atoms with Crippen LogP contribution < -0.4 is 16.0 Å². The molecule has 2 aliphatic rings. The number of nitrogens with two attached hydrogens (primary N) is 1. The first-order chi connectivity index (χ1) is 8.66. The van der Waals surface area contributed by atoms with E-state index in [1.807, 2.05) is 4.90 Å². The number of hydrogen-bond acceptors (Lipinski definition) is 5. The predicted octanol–water partition coefficient (Wildman–Crippen LogP) is -0.0873. The van der Waals surface area contributed by atoms with Gasteiger partial charge in [0.2, 0.25) is 11.9 Å². The van der Waals surface area contributed by atoms with Crippen molar-refractivity contribution >= 4 is 17.7 Å². The maximum absolute atomic E-state index is 13.8. The zero-order chi connectivity index (χ0) is 12.7. The number of hydrogen-bond donors (Lipinski definition) is 2. The highest BCUT2D eigenvalue weighted by Crippen LogP contribution is 2.31. The van der Waals surface area contributed by atoms with E-state index in [-0.39, 0.29) is 29.6 Å². The van der Waals surface area contributed by atoms with Crippen LogP contribution in [-0.4, -0.2) is 35.0 Å². The van der Waals surface area contributed by atoms with Crippen LogP contribution in [0.1, 0.15) is 12.8 Å². The van der Waals surface area contributed by atoms with Crippen molar-refractivity contribution in [2.75, 3.05) is 23.7 Å². The molecule has 0 radical (unpaired) electrons. The first-order valence-electron chi connectivity index (χ1n) is 5.99. The largest absolute Gasteiger partial charge is 0.368 e. The van der Waals surface area contributed by atoms with Crippen molar-refractivity contribution in [1.82, 2.24) is 15.3 Å². The minimum Gasteiger partial charge on any atom is -0.368 e. The van der Waals surface area contributed by atoms with Crippen LogP contribution in [0.15, 0.2) is 6.20 Å². The molecular weight excluding hydrogens is 237 g/mol. The molecule has 0 bridgehead atoms. The van der Waals surface area contributed by atoms with Crippen molar-refractivity contribution in [1.29, 1.82) is 0 Å². The highest BCUT2D eigenvalue weighted by atomic mass is 19.1. The summed E-state index contributed by atoms with van der Waals surface area (Å²) in [5.74, 6) is -0.273. The lowest BCUT2D eigenvalue weighted by molar-refractivity contribution is -0.123. The lowest BCUT2D eigenvalue weighted by atomic mass is 9.91. The molecule has 0 spiro atoms. The van der Waals surface area contributed by atoms with Gasteiger partial charge in [0, 0.05) is 13.1 Å². The number of fused-ring (bicyclic) bond motifs is 1. The van der Waals surface area contributed by atoms with Gasteiger partial charge in [-0.05, 0) is 12.8 Å². The summed E-state index contributed by atoms with van der Waals surface area (Å²) >= 11 is 0. The van der Waals surface area contributed by atoms with Crippen molar-refractivity contribution in [3.05, 3.63) is 12.0 Å². The van der Waals surface area contributed by atoms with Gasteiger partial charge >= 0.3 is 0 Å². The minimum absolute atomic E-state index is 0.0324. The Bertz CT molecular complexity index is 494. The number of nitrogen functional groups attached to an aromatic ring is 1. The molecule has 1 aromatic rings. The summed E-state index contributed by atoms with van der Waals surface area (Å²) in [4.78, 5) is 21.1. The molecule has 2 saturated heterocycles. The van der Waals surface area contributed by atoms with Crippen LogP contribution in [0.25, 0.3) is 0 Å². The number of anilines is 2. The smallest absolute Gasteiger partial charge is 0.225 e. The van der Waals surface area contributed by atoms with Gasteiger partial charge < -0.3 is 16.0 Å². The van der Waals surface area contributed by atoms with Gasteiger partial charge in [0.15, 0.2) is 11.6 Å². The number of amides is 1. The third-order valence-corrected chi connectivity index (χ3v) is 3.62. The van der Waals surface area contributed by atoms with Gasteiger partial charge in [-0.15, -0.1) is 0 Å². The number of halogens is 1. The SMILES string of the molecule is Nc1ncc(F)c(N2CCCC3C(=O)NCC32)n1. The molecule has 0 saturated carbocycles. The Morgan fingerprint density at radius 2 is 2.39 bits per heavy atom. The molecule has 2 aliphatic heterocycles. The molecule has 0 aliphatic carbocycles. The van der Waals surface area contributed by atoms with E-state index >= 15 is 0 Å². The summed E-state index contributed by atoms with van der Waals surface area (Å²) in [5, 5.41) is 2.82. The van der Waals surface area contributed by atoms with E-state index in [4.69, 9.17) is 5.73 Å². The molecule has 2 atom stereocenters. The van der Waals surface area contributed by atoms with E-state index in [0.717, 1.165) is 19.0 Å². The highest BCUT2D eigenvalue weighted by molar-refractivity contribution is 5.83. The third-order valence-electron chi connectivity index (χ3n) is 3.62. The second kappa shape index (κ2) is 4.08. The molecule has 1 amide bonds. The molecule has 0 aromatic carbocycles. The van der Waals surface area contributed by atoms with E-state index in [1.165, 1.54) is 0 Å². The van der Waals surface area contributed by atoms with Gasteiger partial charge in [-0.25, -0.2) is 9.37 Å². The molecule has 2 fully saturated rings. The average Bonchev–Trinajstić information content (AvgIpc) is 2.75. The molecule has 18 heavy (non-hydrogen) atoms. The Balaban J connectivity index is 1.95. The normalized spacial score (nSPS) is 26.9. The summed E-state index contributed by atoms with van der Waals surface area (Å²) < 4.78 is 13.8. The van der Waals surface area contributed by atoms with Gasteiger partial charge in [-0.1, -0.05) is 0 Å². The Morgan fingerprint density at radius 1 is 1.56 bits per heavy atom. The number of nitrogens with one attached hydrogen (secondary N) is 1. The quantitative estimate of drug-likeness (QED) is 0.729. The third kappa shape index (κ3) is 1.66. The molecule has 1 aromatic heterocycles. The van der Waals surface area contributed by atoms with E-state index in [9.17, 15) is 9.18 Å². The predicted molar refractivity (Wildman–Crippen MR) is 63.3 cm³/mol. The summed E-state index contributed by atoms with van der Waals surface area (Å²) in [7, 11) is 0. The zero-order valence-electron chi connectivity index (χ0n) is 9.77. The lowest BCUT2D eigenvalue weighted by Gasteiger charge is -2.36. The number of carbonyl (C=O) groups is 1. The van der Waals surface area contributed by atoms with Crippen molar-refractivity contribution < 1.29 is 9.18 Å². The Labute approximate surface area is 103 Å². The molecule has 3 rings (SSSR count). The fourth-order valence-corrected chi connectivity index (χ4v) is 2.79. The fraction of sp³-hybridized carbons (Fsp3) is 0.545. The van der Waals surface area contributed by atoms with Gasteiger partial charge in [-0.3, -0.25) is 4.79 Å². The number of rotatable bonds is 1. The van der Waals surface area contributed by atoms with Crippen LogP contribution in [0.4, 0.5) is 16.2 Å². The van der Waals surface area contributed by atoms with Gasteiger partial charge in [-0.2, -0.15) is 4.98 Å². The Kier molecular flexibility index (Phi) is 2.53. The number of carbonyl (C=O) groups excluding carboxylic acids is 1. The van der Waals surface area contributed by atoms with Gasteiger partial charge in [0.05, 0.1) is 18.2 Å². The van der Waals surface area contributed by atoms with Gasteiger partial charge in [0.1, 0.15) is 0 Å². The van der Waals surface area contributed by atoms with Crippen LogP contribution in [0.3, 0.4) is 0 Å². The van der Waals surface area contributed by atoms with E-state index < -0.39 is 5.82 Å². The lowest BCUT2D eigenvalue weighted by Crippen LogP contribution is -2.46. The minimum atomic E-state index is -0.496. The highest BCUT2D eigenvalue weighted by Gasteiger charge is 2.42. The molecule has 3 heterocycles. The summed E-state index contributed by atoms with van der Waals surface area (Å²) in [5.41, 5.74) is 5.50. The molecular formula is C11H14FN5O. The molecule has 7 heteroatoms. The molecule has 6 nitrogen and oxygen atoms in total. The molecule has 96 valence electrons. The number of aromatic nitrogens is 2. The van der Waals surface area contributed by atoms with E-state index in [0.29, 0.717) is 13.1 Å². The van der Waals surface area contributed by atoms with Gasteiger partial charge in [0.25, 0.3) is 0 Å². The zero-order valence-corrected chi connectivity index (χ0v) is 9.77. The summed E-state index contributed by atoms with van der Waals surface area (Å²) in [6.45, 7) is 1.22. The van der Waals surface area contributed by atoms with Crippen LogP contribution >= 0.6 is 0 Å². The monoisotopic (exact) mass is 251 g/mol. The average molecular weight is 251 g/mol. The molecule has 3 N–H and O–H groups in total. The standard InChI is InChI=1S/C11H14FN5O/c12-7-4-15-11(13)16-9(7)17-3-1-2-6-8(17)5-14-10(6)18/h4,6,8H,1-3,5H2,(H,14,18)(H2,13,15,16). The van der Waals surface area contributed by atoms with E-state index in [1.54, 1.807) is 0 Å². The second-order valence-corrected chi connectivity index (χ2v) is 4.65. The number of piperidine rings is 1. The topological polar surface area (TPSA) is 84.1 Å². The van der Waals surface area contributed by atoms with Crippen LogP contribution in [0.5, 0.6) is 0 Å².